The molecule has 3 heterocycles. The van der Waals surface area contributed by atoms with E-state index in [-0.39, 0.29) is 22.9 Å². The Labute approximate surface area is 133 Å². The zero-order valence-corrected chi connectivity index (χ0v) is 13.0. The first kappa shape index (κ1) is 15.0. The van der Waals surface area contributed by atoms with Crippen LogP contribution < -0.4 is 15.8 Å². The quantitative estimate of drug-likeness (QED) is 0.822. The van der Waals surface area contributed by atoms with E-state index in [9.17, 15) is 10.1 Å². The third-order valence-corrected chi connectivity index (χ3v) is 4.13. The Morgan fingerprint density at radius 1 is 1.35 bits per heavy atom. The van der Waals surface area contributed by atoms with Crippen molar-refractivity contribution in [3.63, 3.8) is 0 Å². The summed E-state index contributed by atoms with van der Waals surface area (Å²) in [5, 5.41) is 22.0. The second-order valence-corrected chi connectivity index (χ2v) is 5.68. The number of fused-ring (bicyclic) bond motifs is 1. The number of pyridine rings is 2. The van der Waals surface area contributed by atoms with E-state index in [4.69, 9.17) is 5.26 Å². The normalized spacial score (nSPS) is 17.7. The molecule has 1 N–H and O–H groups in total. The number of nitrogens with one attached hydrogen (secondary N) is 1. The molecule has 2 aromatic rings. The molecule has 0 radical (unpaired) electrons. The molecule has 1 unspecified atom stereocenters. The minimum atomic E-state index is -0.340. The van der Waals surface area contributed by atoms with Crippen LogP contribution in [0.15, 0.2) is 16.9 Å². The predicted molar refractivity (Wildman–Crippen MR) is 86.1 cm³/mol. The van der Waals surface area contributed by atoms with Crippen molar-refractivity contribution in [3.8, 4) is 12.1 Å². The van der Waals surface area contributed by atoms with Gasteiger partial charge in [0.25, 0.3) is 5.56 Å². The number of hydrogen-bond donors (Lipinski definition) is 1. The summed E-state index contributed by atoms with van der Waals surface area (Å²) in [7, 11) is 1.61. The van der Waals surface area contributed by atoms with Crippen LogP contribution in [-0.2, 0) is 7.05 Å². The third-order valence-electron chi connectivity index (χ3n) is 4.13. The number of hydrogen-bond acceptors (Lipinski definition) is 6. The van der Waals surface area contributed by atoms with Crippen LogP contribution >= 0.6 is 0 Å². The highest BCUT2D eigenvalue weighted by atomic mass is 16.1. The van der Waals surface area contributed by atoms with Crippen LogP contribution in [0.2, 0.25) is 0 Å². The minimum Gasteiger partial charge on any atom is -0.366 e. The Hall–Kier alpha value is -2.90. The van der Waals surface area contributed by atoms with Gasteiger partial charge in [-0.05, 0) is 19.1 Å². The zero-order chi connectivity index (χ0) is 16.6. The maximum absolute atomic E-state index is 12.5. The molecule has 2 aromatic heterocycles. The lowest BCUT2D eigenvalue weighted by Gasteiger charge is -2.34. The number of piperazine rings is 1. The van der Waals surface area contributed by atoms with Gasteiger partial charge in [-0.2, -0.15) is 10.5 Å². The van der Waals surface area contributed by atoms with Gasteiger partial charge in [0.2, 0.25) is 0 Å². The van der Waals surface area contributed by atoms with E-state index >= 15 is 0 Å². The first-order chi connectivity index (χ1) is 11.1. The number of anilines is 1. The Kier molecular flexibility index (Phi) is 3.73. The van der Waals surface area contributed by atoms with Crippen LogP contribution in [0.3, 0.4) is 0 Å². The molecule has 116 valence electrons. The molecular weight excluding hydrogens is 292 g/mol. The van der Waals surface area contributed by atoms with Crippen molar-refractivity contribution in [1.29, 1.82) is 10.5 Å². The van der Waals surface area contributed by atoms with Gasteiger partial charge in [0, 0.05) is 32.7 Å². The van der Waals surface area contributed by atoms with Crippen molar-refractivity contribution in [3.05, 3.63) is 33.7 Å². The number of rotatable bonds is 1. The lowest BCUT2D eigenvalue weighted by atomic mass is 10.1. The van der Waals surface area contributed by atoms with E-state index in [1.165, 1.54) is 4.57 Å². The molecule has 0 spiro atoms. The lowest BCUT2D eigenvalue weighted by Crippen LogP contribution is -2.50. The highest BCUT2D eigenvalue weighted by molar-refractivity contribution is 5.92. The smallest absolute Gasteiger partial charge is 0.270 e. The molecule has 0 aliphatic carbocycles. The van der Waals surface area contributed by atoms with E-state index < -0.39 is 0 Å². The minimum absolute atomic E-state index is 0.0803. The van der Waals surface area contributed by atoms with E-state index in [0.29, 0.717) is 29.8 Å². The molecule has 3 rings (SSSR count). The molecule has 0 amide bonds. The van der Waals surface area contributed by atoms with Crippen molar-refractivity contribution in [2.45, 2.75) is 13.0 Å². The van der Waals surface area contributed by atoms with Gasteiger partial charge in [-0.15, -0.1) is 0 Å². The number of nitrogens with zero attached hydrogens (tertiary/aromatic N) is 5. The summed E-state index contributed by atoms with van der Waals surface area (Å²) >= 11 is 0. The molecule has 0 aromatic carbocycles. The van der Waals surface area contributed by atoms with Gasteiger partial charge in [-0.25, -0.2) is 4.98 Å². The summed E-state index contributed by atoms with van der Waals surface area (Å²) in [6.07, 6.45) is 0. The fourth-order valence-corrected chi connectivity index (χ4v) is 3.00. The van der Waals surface area contributed by atoms with E-state index in [1.54, 1.807) is 19.2 Å². The Morgan fingerprint density at radius 3 is 2.78 bits per heavy atom. The van der Waals surface area contributed by atoms with Gasteiger partial charge >= 0.3 is 0 Å². The summed E-state index contributed by atoms with van der Waals surface area (Å²) in [5.41, 5.74) is 1.69. The molecule has 23 heavy (non-hydrogen) atoms. The average Bonchev–Trinajstić information content (AvgIpc) is 2.57. The molecule has 1 atom stereocenters. The summed E-state index contributed by atoms with van der Waals surface area (Å²) in [6, 6.07) is 7.58. The highest BCUT2D eigenvalue weighted by Gasteiger charge is 2.25. The SMILES string of the molecule is CC1CN(c2c(C#N)c(=O)n(C)c3ccc(C#N)nc23)CCN1. The first-order valence-corrected chi connectivity index (χ1v) is 7.39. The standard InChI is InChI=1S/C16H16N6O/c1-10-9-22(6-5-19-10)15-12(8-18)16(23)21(2)13-4-3-11(7-17)20-14(13)15/h3-4,10,19H,5-6,9H2,1-2H3. The summed E-state index contributed by atoms with van der Waals surface area (Å²) in [4.78, 5) is 18.9. The first-order valence-electron chi connectivity index (χ1n) is 7.39. The van der Waals surface area contributed by atoms with Crippen LogP contribution in [0, 0.1) is 22.7 Å². The van der Waals surface area contributed by atoms with Crippen LogP contribution in [0.5, 0.6) is 0 Å². The van der Waals surface area contributed by atoms with Crippen LogP contribution in [0.4, 0.5) is 5.69 Å². The van der Waals surface area contributed by atoms with Crippen molar-refractivity contribution in [2.24, 2.45) is 7.05 Å². The zero-order valence-electron chi connectivity index (χ0n) is 13.0. The second kappa shape index (κ2) is 5.71. The van der Waals surface area contributed by atoms with E-state index in [0.717, 1.165) is 6.54 Å². The van der Waals surface area contributed by atoms with Crippen molar-refractivity contribution < 1.29 is 0 Å². The van der Waals surface area contributed by atoms with Crippen molar-refractivity contribution in [2.75, 3.05) is 24.5 Å². The average molecular weight is 308 g/mol. The van der Waals surface area contributed by atoms with Gasteiger partial charge in [0.05, 0.1) is 11.2 Å². The van der Waals surface area contributed by atoms with Crippen molar-refractivity contribution in [1.82, 2.24) is 14.9 Å². The molecule has 1 saturated heterocycles. The predicted octanol–water partition coefficient (Wildman–Crippen LogP) is 0.475. The van der Waals surface area contributed by atoms with Gasteiger partial charge in [0.15, 0.2) is 0 Å². The van der Waals surface area contributed by atoms with E-state index in [2.05, 4.69) is 17.2 Å². The largest absolute Gasteiger partial charge is 0.366 e. The monoisotopic (exact) mass is 308 g/mol. The molecule has 1 aliphatic heterocycles. The summed E-state index contributed by atoms with van der Waals surface area (Å²) in [5.74, 6) is 0. The molecule has 0 bridgehead atoms. The molecule has 0 saturated carbocycles. The summed E-state index contributed by atoms with van der Waals surface area (Å²) < 4.78 is 1.41. The molecule has 1 fully saturated rings. The molecule has 1 aliphatic rings. The second-order valence-electron chi connectivity index (χ2n) is 5.68. The van der Waals surface area contributed by atoms with Gasteiger partial charge in [-0.1, -0.05) is 0 Å². The molecular formula is C16H16N6O. The fourth-order valence-electron chi connectivity index (χ4n) is 3.00. The number of aryl methyl sites for hydroxylation is 1. The molecule has 7 nitrogen and oxygen atoms in total. The Bertz CT molecular complexity index is 917. The van der Waals surface area contributed by atoms with Gasteiger partial charge in [0.1, 0.15) is 28.9 Å². The van der Waals surface area contributed by atoms with Crippen molar-refractivity contribution >= 4 is 16.7 Å². The summed E-state index contributed by atoms with van der Waals surface area (Å²) in [6.45, 7) is 4.17. The number of nitriles is 2. The van der Waals surface area contributed by atoms with Crippen LogP contribution in [-0.4, -0.2) is 35.2 Å². The highest BCUT2D eigenvalue weighted by Crippen LogP contribution is 2.28. The van der Waals surface area contributed by atoms with Crippen LogP contribution in [0.25, 0.3) is 11.0 Å². The van der Waals surface area contributed by atoms with Gasteiger partial charge in [-0.3, -0.25) is 4.79 Å². The van der Waals surface area contributed by atoms with Crippen LogP contribution in [0.1, 0.15) is 18.2 Å². The third kappa shape index (κ3) is 2.41. The van der Waals surface area contributed by atoms with Gasteiger partial charge < -0.3 is 14.8 Å². The molecule has 7 heteroatoms. The van der Waals surface area contributed by atoms with E-state index in [1.807, 2.05) is 17.0 Å². The lowest BCUT2D eigenvalue weighted by molar-refractivity contribution is 0.485. The Morgan fingerprint density at radius 2 is 2.13 bits per heavy atom. The number of aromatic nitrogens is 2. The maximum Gasteiger partial charge on any atom is 0.270 e. The fraction of sp³-hybridized carbons (Fsp3) is 0.375. The Balaban J connectivity index is 2.37. The maximum atomic E-state index is 12.5. The topological polar surface area (TPSA) is 97.7 Å².